The van der Waals surface area contributed by atoms with E-state index in [4.69, 9.17) is 24.4 Å². The van der Waals surface area contributed by atoms with E-state index in [1.165, 1.54) is 0 Å². The van der Waals surface area contributed by atoms with Crippen LogP contribution in [-0.2, 0) is 0 Å². The maximum absolute atomic E-state index is 17.8. The van der Waals surface area contributed by atoms with E-state index >= 15 is 4.39 Å². The van der Waals surface area contributed by atoms with Crippen LogP contribution in [0.5, 0.6) is 11.9 Å². The fourth-order valence-electron chi connectivity index (χ4n) is 11.9. The summed E-state index contributed by atoms with van der Waals surface area (Å²) in [7, 11) is -2.10. The van der Waals surface area contributed by atoms with Crippen molar-refractivity contribution < 1.29 is 23.8 Å². The summed E-state index contributed by atoms with van der Waals surface area (Å²) >= 11 is 0. The van der Waals surface area contributed by atoms with Gasteiger partial charge in [0.25, 0.3) is 0 Å². The van der Waals surface area contributed by atoms with Gasteiger partial charge < -0.3 is 19.5 Å². The molecule has 5 aliphatic rings. The highest BCUT2D eigenvalue weighted by Gasteiger charge is 2.53. The standard InChI is InChI=1S/C47H55FN6O4Si/c1-26(2)59(27(3)4,28(5)6)19-18-33-13-10-12-32-14-11-15-35(37(32)33)40-39(48)41-38-43(51-45(50-41)57-25-47-20-29(7)22-52(47)23-30(8)21-47)53-24-34-16-17-36(54(34)46(55)56)42(53)31(9)58-44(38)49-40/h10-15,26-28,31,34,36,42H,7-8,16-17,20-25H2,1-6,9H3,(H,55,56). The Morgan fingerprint density at radius 3 is 2.34 bits per heavy atom. The minimum Gasteiger partial charge on any atom is -0.472 e. The van der Waals surface area contributed by atoms with Crippen LogP contribution < -0.4 is 14.4 Å². The number of hydrogen-bond acceptors (Lipinski definition) is 8. The molecule has 4 atom stereocenters. The van der Waals surface area contributed by atoms with Gasteiger partial charge in [0.05, 0.1) is 23.7 Å². The zero-order chi connectivity index (χ0) is 41.7. The Morgan fingerprint density at radius 1 is 1.00 bits per heavy atom. The summed E-state index contributed by atoms with van der Waals surface area (Å²) < 4.78 is 31.2. The number of fused-ring (bicyclic) bond motifs is 7. The van der Waals surface area contributed by atoms with Crippen LogP contribution in [0.3, 0.4) is 0 Å². The van der Waals surface area contributed by atoms with Crippen LogP contribution in [0.25, 0.3) is 32.9 Å². The van der Waals surface area contributed by atoms with E-state index in [0.717, 1.165) is 59.8 Å². The molecule has 1 N–H and O–H groups in total. The van der Waals surface area contributed by atoms with Crippen molar-refractivity contribution in [2.75, 3.05) is 31.1 Å². The van der Waals surface area contributed by atoms with Crippen molar-refractivity contribution in [1.82, 2.24) is 24.8 Å². The normalized spacial score (nSPS) is 23.5. The molecule has 308 valence electrons. The zero-order valence-electron chi connectivity index (χ0n) is 35.3. The number of benzene rings is 2. The number of aromatic nitrogens is 3. The maximum Gasteiger partial charge on any atom is 0.407 e. The first-order valence-electron chi connectivity index (χ1n) is 21.3. The van der Waals surface area contributed by atoms with Crippen molar-refractivity contribution >= 4 is 41.7 Å². The van der Waals surface area contributed by atoms with Crippen molar-refractivity contribution in [3.05, 3.63) is 72.1 Å². The van der Waals surface area contributed by atoms with Crippen LogP contribution in [0.2, 0.25) is 16.6 Å². The van der Waals surface area contributed by atoms with Gasteiger partial charge in [-0.2, -0.15) is 9.97 Å². The summed E-state index contributed by atoms with van der Waals surface area (Å²) in [6.07, 6.45) is 1.50. The Hall–Kier alpha value is -4.99. The lowest BCUT2D eigenvalue weighted by molar-refractivity contribution is 0.0706. The summed E-state index contributed by atoms with van der Waals surface area (Å²) in [6, 6.07) is 11.0. The molecule has 2 aromatic carbocycles. The summed E-state index contributed by atoms with van der Waals surface area (Å²) in [4.78, 5) is 33.6. The fraction of sp³-hybridized carbons (Fsp3) is 0.489. The van der Waals surface area contributed by atoms with Gasteiger partial charge in [0.15, 0.2) is 5.82 Å². The molecule has 7 heterocycles. The second-order valence-electron chi connectivity index (χ2n) is 18.7. The van der Waals surface area contributed by atoms with Crippen LogP contribution in [0.15, 0.2) is 60.7 Å². The van der Waals surface area contributed by atoms with Gasteiger partial charge >= 0.3 is 12.1 Å². The molecule has 4 saturated heterocycles. The molecule has 59 heavy (non-hydrogen) atoms. The van der Waals surface area contributed by atoms with Crippen LogP contribution in [0.1, 0.15) is 79.7 Å². The molecule has 4 unspecified atom stereocenters. The minimum absolute atomic E-state index is 0.0540. The quantitative estimate of drug-likeness (QED) is 0.111. The summed E-state index contributed by atoms with van der Waals surface area (Å²) in [5.41, 5.74) is 8.77. The lowest BCUT2D eigenvalue weighted by Gasteiger charge is -2.47. The smallest absolute Gasteiger partial charge is 0.407 e. The number of carbonyl (C=O) groups is 1. The Balaban J connectivity index is 1.24. The number of pyridine rings is 1. The van der Waals surface area contributed by atoms with Crippen molar-refractivity contribution in [1.29, 1.82) is 0 Å². The largest absolute Gasteiger partial charge is 0.472 e. The number of anilines is 1. The molecule has 12 heteroatoms. The highest BCUT2D eigenvalue weighted by atomic mass is 28.3. The van der Waals surface area contributed by atoms with E-state index in [0.29, 0.717) is 46.4 Å². The van der Waals surface area contributed by atoms with Crippen molar-refractivity contribution in [3.8, 4) is 34.6 Å². The van der Waals surface area contributed by atoms with Crippen LogP contribution in [0.4, 0.5) is 15.0 Å². The average molecular weight is 815 g/mol. The number of hydrogen-bond donors (Lipinski definition) is 1. The molecule has 4 aromatic rings. The molecule has 1 amide bonds. The monoisotopic (exact) mass is 814 g/mol. The molecule has 9 rings (SSSR count). The maximum atomic E-state index is 17.8. The molecule has 2 bridgehead atoms. The minimum atomic E-state index is -2.10. The number of piperazine rings is 1. The Kier molecular flexibility index (Phi) is 9.59. The second-order valence-corrected chi connectivity index (χ2v) is 24.2. The SMILES string of the molecule is C=C1CN2CC(=C)CC2(COc2nc3c4c(nc(-c5cccc6cccc(C#C[Si](C(C)C)(C(C)C)C(C)C)c56)c(F)c4n2)OC(C)C2C4CCC(CN32)N4C(=O)O)C1. The Morgan fingerprint density at radius 2 is 1.68 bits per heavy atom. The van der Waals surface area contributed by atoms with E-state index in [2.05, 4.69) is 76.0 Å². The zero-order valence-corrected chi connectivity index (χ0v) is 36.3. The van der Waals surface area contributed by atoms with Gasteiger partial charge in [0.1, 0.15) is 43.2 Å². The first-order chi connectivity index (χ1) is 28.1. The number of amides is 1. The number of halogens is 1. The number of rotatable bonds is 7. The van der Waals surface area contributed by atoms with Crippen molar-refractivity contribution in [2.45, 2.75) is 121 Å². The predicted octanol–water partition coefficient (Wildman–Crippen LogP) is 9.37. The second kappa shape index (κ2) is 14.3. The topological polar surface area (TPSA) is 104 Å². The van der Waals surface area contributed by atoms with E-state index in [9.17, 15) is 9.90 Å². The molecule has 2 aromatic heterocycles. The number of nitrogens with zero attached hydrogens (tertiary/aromatic N) is 6. The summed E-state index contributed by atoms with van der Waals surface area (Å²) in [5.74, 6) is 3.72. The molecule has 4 fully saturated rings. The lowest BCUT2D eigenvalue weighted by atomic mass is 9.92. The van der Waals surface area contributed by atoms with E-state index in [1.54, 1.807) is 4.90 Å². The highest BCUT2D eigenvalue weighted by Crippen LogP contribution is 2.48. The molecular formula is C47H55FN6O4Si. The Bertz CT molecular complexity index is 2450. The molecule has 0 spiro atoms. The molecule has 10 nitrogen and oxygen atoms in total. The molecule has 5 aliphatic heterocycles. The summed E-state index contributed by atoms with van der Waals surface area (Å²) in [6.45, 7) is 26.5. The highest BCUT2D eigenvalue weighted by molar-refractivity contribution is 6.90. The molecule has 0 saturated carbocycles. The summed E-state index contributed by atoms with van der Waals surface area (Å²) in [5, 5.41) is 12.4. The Labute approximate surface area is 347 Å². The third-order valence-electron chi connectivity index (χ3n) is 14.3. The van der Waals surface area contributed by atoms with Gasteiger partial charge in [-0.05, 0) is 60.7 Å². The van der Waals surface area contributed by atoms with Gasteiger partial charge in [-0.3, -0.25) is 9.80 Å². The van der Waals surface area contributed by atoms with Crippen LogP contribution in [-0.4, -0.2) is 100 Å². The van der Waals surface area contributed by atoms with Gasteiger partial charge in [0.2, 0.25) is 5.88 Å². The van der Waals surface area contributed by atoms with Crippen molar-refractivity contribution in [2.24, 2.45) is 0 Å². The molecule has 0 radical (unpaired) electrons. The van der Waals surface area contributed by atoms with Crippen molar-refractivity contribution in [3.63, 3.8) is 0 Å². The van der Waals surface area contributed by atoms with E-state index < -0.39 is 32.1 Å². The van der Waals surface area contributed by atoms with Crippen LogP contribution >= 0.6 is 0 Å². The number of carboxylic acid groups (broad SMARTS) is 1. The third-order valence-corrected chi connectivity index (χ3v) is 20.5. The fourth-order valence-corrected chi connectivity index (χ4v) is 17.1. The van der Waals surface area contributed by atoms with Crippen LogP contribution in [0, 0.1) is 17.3 Å². The molecule has 0 aliphatic carbocycles. The van der Waals surface area contributed by atoms with Gasteiger partial charge in [-0.15, -0.1) is 5.54 Å². The van der Waals surface area contributed by atoms with Gasteiger partial charge in [0, 0.05) is 36.1 Å². The number of ether oxygens (including phenoxy) is 2. The van der Waals surface area contributed by atoms with E-state index in [-0.39, 0.29) is 47.3 Å². The first kappa shape index (κ1) is 39.5. The van der Waals surface area contributed by atoms with E-state index in [1.807, 2.05) is 43.3 Å². The average Bonchev–Trinajstić information content (AvgIpc) is 3.74. The van der Waals surface area contributed by atoms with Gasteiger partial charge in [-0.25, -0.2) is 14.2 Å². The first-order valence-corrected chi connectivity index (χ1v) is 23.5. The van der Waals surface area contributed by atoms with Gasteiger partial charge in [-0.1, -0.05) is 102 Å². The third kappa shape index (κ3) is 6.13. The lowest BCUT2D eigenvalue weighted by Crippen LogP contribution is -2.64. The molecular weight excluding hydrogens is 760 g/mol. The predicted molar refractivity (Wildman–Crippen MR) is 233 cm³/mol.